The van der Waals surface area contributed by atoms with Crippen molar-refractivity contribution in [2.75, 3.05) is 13.2 Å². The monoisotopic (exact) mass is 307 g/mol. The third-order valence-corrected chi connectivity index (χ3v) is 3.06. The Morgan fingerprint density at radius 3 is 1.26 bits per heavy atom. The van der Waals surface area contributed by atoms with E-state index in [0.29, 0.717) is 0 Å². The van der Waals surface area contributed by atoms with Crippen LogP contribution in [0.5, 0.6) is 0 Å². The van der Waals surface area contributed by atoms with Crippen molar-refractivity contribution in [3.63, 3.8) is 0 Å². The molecule has 0 spiro atoms. The molecule has 0 radical (unpaired) electrons. The summed E-state index contributed by atoms with van der Waals surface area (Å²) < 4.78 is 30.5. The van der Waals surface area contributed by atoms with Gasteiger partial charge in [-0.25, -0.2) is 0 Å². The summed E-state index contributed by atoms with van der Waals surface area (Å²) in [6.45, 7) is 1.75. The minimum absolute atomic E-state index is 0.192. The number of rotatable bonds is 7. The quantitative estimate of drug-likeness (QED) is 0.185. The van der Waals surface area contributed by atoms with E-state index >= 15 is 0 Å². The fourth-order valence-corrected chi connectivity index (χ4v) is 2.24. The van der Waals surface area contributed by atoms with Crippen molar-refractivity contribution < 1.29 is 43.6 Å². The lowest BCUT2D eigenvalue weighted by Gasteiger charge is -2.34. The van der Waals surface area contributed by atoms with Gasteiger partial charge < -0.3 is 30.6 Å². The topological polar surface area (TPSA) is 179 Å². The molecule has 0 aromatic heterocycles. The highest BCUT2D eigenvalue weighted by Gasteiger charge is 2.40. The molecule has 2 unspecified atom stereocenters. The van der Waals surface area contributed by atoms with Crippen LogP contribution in [0.25, 0.3) is 0 Å². The second kappa shape index (κ2) is 9.52. The summed E-state index contributed by atoms with van der Waals surface area (Å²) in [5.74, 6) is 0. The number of aliphatic hydroxyl groups excluding tert-OH is 4. The van der Waals surface area contributed by atoms with Crippen molar-refractivity contribution in [1.82, 2.24) is 4.31 Å². The highest BCUT2D eigenvalue weighted by atomic mass is 32.2. The lowest BCUT2D eigenvalue weighted by Crippen LogP contribution is -2.58. The molecule has 118 valence electrons. The van der Waals surface area contributed by atoms with Gasteiger partial charge in [0.25, 0.3) is 0 Å². The number of nitrogens with zero attached hydrogens (tertiary/aromatic N) is 1. The van der Waals surface area contributed by atoms with E-state index in [1.807, 2.05) is 13.8 Å². The summed E-state index contributed by atoms with van der Waals surface area (Å²) >= 11 is 0. The summed E-state index contributed by atoms with van der Waals surface area (Å²) in [6, 6.07) is -3.91. The maximum absolute atomic E-state index is 11.0. The van der Waals surface area contributed by atoms with Crippen LogP contribution in [-0.2, 0) is 10.3 Å². The summed E-state index contributed by atoms with van der Waals surface area (Å²) in [6.07, 6.45) is -4.79. The smallest absolute Gasteiger partial charge is 0.336 e. The Morgan fingerprint density at radius 1 is 0.895 bits per heavy atom. The van der Waals surface area contributed by atoms with Crippen LogP contribution < -0.4 is 0 Å². The van der Waals surface area contributed by atoms with Crippen LogP contribution >= 0.6 is 0 Å². The summed E-state index contributed by atoms with van der Waals surface area (Å²) in [5, 5.41) is 52.8. The Morgan fingerprint density at radius 2 is 1.16 bits per heavy atom. The predicted octanol–water partition coefficient (Wildman–Crippen LogP) is -3.54. The third kappa shape index (κ3) is 6.56. The Hall–Kier alpha value is -0.370. The molecule has 0 aliphatic heterocycles. The van der Waals surface area contributed by atoms with E-state index in [1.165, 1.54) is 0 Å². The third-order valence-electron chi connectivity index (χ3n) is 1.98. The van der Waals surface area contributed by atoms with Crippen molar-refractivity contribution in [1.29, 1.82) is 0 Å². The molecule has 7 N–H and O–H groups in total. The highest BCUT2D eigenvalue weighted by Crippen LogP contribution is 2.15. The van der Waals surface area contributed by atoms with Crippen molar-refractivity contribution >= 4 is 10.3 Å². The molecular weight excluding hydrogens is 286 g/mol. The first-order valence-electron chi connectivity index (χ1n) is 5.36. The molecule has 0 bridgehead atoms. The fourth-order valence-electron chi connectivity index (χ4n) is 1.20. The summed E-state index contributed by atoms with van der Waals surface area (Å²) in [7, 11) is -5.10. The van der Waals surface area contributed by atoms with Gasteiger partial charge in [0.05, 0.1) is 13.2 Å². The molecular formula is C8H21NO9S. The zero-order chi connectivity index (χ0) is 15.8. The van der Waals surface area contributed by atoms with E-state index in [4.69, 9.17) is 35.2 Å². The van der Waals surface area contributed by atoms with E-state index in [1.54, 1.807) is 0 Å². The predicted molar refractivity (Wildman–Crippen MR) is 62.9 cm³/mol. The van der Waals surface area contributed by atoms with Crippen LogP contribution in [0.4, 0.5) is 0 Å². The van der Waals surface area contributed by atoms with Crippen LogP contribution in [0, 0.1) is 0 Å². The zero-order valence-corrected chi connectivity index (χ0v) is 11.3. The number of hydrogen-bond acceptors (Lipinski definition) is 8. The Kier molecular flexibility index (Phi) is 10.5. The van der Waals surface area contributed by atoms with Crippen LogP contribution in [0.1, 0.15) is 13.8 Å². The largest absolute Gasteiger partial charge is 0.394 e. The van der Waals surface area contributed by atoms with Crippen LogP contribution in [0.3, 0.4) is 0 Å². The molecule has 0 aromatic rings. The van der Waals surface area contributed by atoms with Gasteiger partial charge in [0.2, 0.25) is 0 Å². The first-order chi connectivity index (χ1) is 8.66. The van der Waals surface area contributed by atoms with Gasteiger partial charge in [-0.2, -0.15) is 12.7 Å². The van der Waals surface area contributed by atoms with Crippen LogP contribution in [-0.4, -0.2) is 85.8 Å². The molecule has 0 amide bonds. The minimum atomic E-state index is -5.10. The molecule has 2 atom stereocenters. The maximum atomic E-state index is 11.0. The van der Waals surface area contributed by atoms with Crippen LogP contribution in [0.2, 0.25) is 0 Å². The second-order valence-electron chi connectivity index (χ2n) is 3.13. The van der Waals surface area contributed by atoms with Gasteiger partial charge in [-0.1, -0.05) is 13.8 Å². The average molecular weight is 307 g/mol. The van der Waals surface area contributed by atoms with E-state index in [9.17, 15) is 8.42 Å². The molecule has 0 heterocycles. The van der Waals surface area contributed by atoms with Gasteiger partial charge in [0.15, 0.2) is 12.6 Å². The standard InChI is InChI=1S/C6H15NO9S.C2H6/c8-1-3(5(10)11)7(17(14,15)16)4(2-9)6(12)13;1-2/h3-6,8-13H,1-2H2,(H,14,15,16);1-2H3. The summed E-state index contributed by atoms with van der Waals surface area (Å²) in [4.78, 5) is 0. The van der Waals surface area contributed by atoms with Crippen molar-refractivity contribution in [3.8, 4) is 0 Å². The molecule has 10 nitrogen and oxygen atoms in total. The van der Waals surface area contributed by atoms with Gasteiger partial charge in [0, 0.05) is 0 Å². The van der Waals surface area contributed by atoms with Gasteiger partial charge >= 0.3 is 10.3 Å². The molecule has 11 heteroatoms. The van der Waals surface area contributed by atoms with Gasteiger partial charge in [-0.05, 0) is 0 Å². The normalized spacial score (nSPS) is 15.4. The Bertz CT molecular complexity index is 302. The fraction of sp³-hybridized carbons (Fsp3) is 1.00. The van der Waals surface area contributed by atoms with Crippen molar-refractivity contribution in [3.05, 3.63) is 0 Å². The van der Waals surface area contributed by atoms with Gasteiger partial charge in [-0.3, -0.25) is 4.55 Å². The second-order valence-corrected chi connectivity index (χ2v) is 4.45. The van der Waals surface area contributed by atoms with Gasteiger partial charge in [0.1, 0.15) is 12.1 Å². The number of aliphatic hydroxyl groups is 6. The Labute approximate surface area is 111 Å². The first kappa shape index (κ1) is 20.9. The van der Waals surface area contributed by atoms with Crippen LogP contribution in [0.15, 0.2) is 0 Å². The lowest BCUT2D eigenvalue weighted by molar-refractivity contribution is -0.144. The molecule has 0 saturated carbocycles. The molecule has 0 saturated heterocycles. The van der Waals surface area contributed by atoms with Crippen molar-refractivity contribution in [2.45, 2.75) is 38.5 Å². The van der Waals surface area contributed by atoms with E-state index in [2.05, 4.69) is 0 Å². The zero-order valence-electron chi connectivity index (χ0n) is 10.5. The molecule has 0 aliphatic rings. The molecule has 0 aromatic carbocycles. The first-order valence-corrected chi connectivity index (χ1v) is 6.76. The minimum Gasteiger partial charge on any atom is -0.394 e. The maximum Gasteiger partial charge on any atom is 0.336 e. The summed E-state index contributed by atoms with van der Waals surface area (Å²) in [5.41, 5.74) is 0. The average Bonchev–Trinajstić information content (AvgIpc) is 2.29. The molecule has 0 rings (SSSR count). The SMILES string of the molecule is CC.O=S(=O)(O)N(C(CO)C(O)O)C(CO)C(O)O. The van der Waals surface area contributed by atoms with Crippen molar-refractivity contribution in [2.24, 2.45) is 0 Å². The highest BCUT2D eigenvalue weighted by molar-refractivity contribution is 7.83. The van der Waals surface area contributed by atoms with E-state index < -0.39 is 48.2 Å². The van der Waals surface area contributed by atoms with Gasteiger partial charge in [-0.15, -0.1) is 0 Å². The Balaban J connectivity index is 0. The molecule has 19 heavy (non-hydrogen) atoms. The number of hydrogen-bond donors (Lipinski definition) is 7. The molecule has 0 aliphatic carbocycles. The molecule has 0 fully saturated rings. The van der Waals surface area contributed by atoms with E-state index in [0.717, 1.165) is 0 Å². The van der Waals surface area contributed by atoms with E-state index in [-0.39, 0.29) is 4.31 Å². The lowest BCUT2D eigenvalue weighted by atomic mass is 10.2.